The normalized spacial score (nSPS) is 17.5. The highest BCUT2D eigenvalue weighted by Gasteiger charge is 2.39. The van der Waals surface area contributed by atoms with E-state index in [4.69, 9.17) is 4.74 Å². The van der Waals surface area contributed by atoms with Crippen LogP contribution in [0.4, 0.5) is 0 Å². The van der Waals surface area contributed by atoms with Gasteiger partial charge in [0.25, 0.3) is 0 Å². The fraction of sp³-hybridized carbons (Fsp3) is 0.615. The molecule has 0 bridgehead atoms. The number of carbonyl (C=O) groups is 2. The van der Waals surface area contributed by atoms with E-state index in [0.717, 1.165) is 38.5 Å². The lowest BCUT2D eigenvalue weighted by atomic mass is 10.1. The van der Waals surface area contributed by atoms with Crippen molar-refractivity contribution in [2.45, 2.75) is 96.2 Å². The molecule has 33 heavy (non-hydrogen) atoms. The molecule has 1 aliphatic heterocycles. The van der Waals surface area contributed by atoms with E-state index in [2.05, 4.69) is 48.1 Å². The van der Waals surface area contributed by atoms with Crippen molar-refractivity contribution in [2.24, 2.45) is 0 Å². The molecule has 0 aromatic heterocycles. The van der Waals surface area contributed by atoms with Crippen LogP contribution in [-0.2, 0) is 19.1 Å². The van der Waals surface area contributed by atoms with Gasteiger partial charge in [-0.05, 0) is 44.9 Å². The van der Waals surface area contributed by atoms with Crippen LogP contribution in [0.1, 0.15) is 84.0 Å². The predicted molar refractivity (Wildman–Crippen MR) is 128 cm³/mol. The molecule has 0 aliphatic carbocycles. The predicted octanol–water partition coefficient (Wildman–Crippen LogP) is 5.51. The summed E-state index contributed by atoms with van der Waals surface area (Å²) in [5.74, 6) is -3.26. The van der Waals surface area contributed by atoms with E-state index in [1.807, 2.05) is 0 Å². The van der Waals surface area contributed by atoms with Crippen LogP contribution in [0.2, 0.25) is 0 Å². The third-order valence-corrected chi connectivity index (χ3v) is 5.22. The van der Waals surface area contributed by atoms with Gasteiger partial charge in [-0.3, -0.25) is 4.79 Å². The van der Waals surface area contributed by atoms with E-state index in [1.54, 1.807) is 0 Å². The molecule has 0 aromatic rings. The summed E-state index contributed by atoms with van der Waals surface area (Å²) in [6.07, 6.45) is 22.3. The summed E-state index contributed by atoms with van der Waals surface area (Å²) in [4.78, 5) is 22.8. The molecular formula is C26H40O7. The smallest absolute Gasteiger partial charge is 0.377 e. The van der Waals surface area contributed by atoms with Gasteiger partial charge in [-0.2, -0.15) is 0 Å². The van der Waals surface area contributed by atoms with E-state index in [0.29, 0.717) is 6.42 Å². The first-order valence-corrected chi connectivity index (χ1v) is 12.1. The maximum Gasteiger partial charge on any atom is 0.377 e. The van der Waals surface area contributed by atoms with Crippen LogP contribution in [0.3, 0.4) is 0 Å². The van der Waals surface area contributed by atoms with E-state index in [1.165, 1.54) is 25.7 Å². The Morgan fingerprint density at radius 3 is 2.09 bits per heavy atom. The Morgan fingerprint density at radius 2 is 1.52 bits per heavy atom. The van der Waals surface area contributed by atoms with E-state index in [9.17, 15) is 24.9 Å². The summed E-state index contributed by atoms with van der Waals surface area (Å²) in [5, 5.41) is 28.6. The molecule has 7 heteroatoms. The molecule has 1 aliphatic rings. The van der Waals surface area contributed by atoms with Crippen LogP contribution in [0.5, 0.6) is 0 Å². The number of cyclic esters (lactones) is 1. The van der Waals surface area contributed by atoms with Crippen LogP contribution in [-0.4, -0.2) is 46.1 Å². The number of aliphatic hydroxyl groups excluding tert-OH is 3. The minimum atomic E-state index is -1.43. The Balaban J connectivity index is 1.96. The summed E-state index contributed by atoms with van der Waals surface area (Å²) in [7, 11) is 0. The molecular weight excluding hydrogens is 424 g/mol. The van der Waals surface area contributed by atoms with Crippen LogP contribution >= 0.6 is 0 Å². The largest absolute Gasteiger partial charge is 0.505 e. The number of unbranched alkanes of at least 4 members (excludes halogenated alkanes) is 7. The third-order valence-electron chi connectivity index (χ3n) is 5.22. The highest BCUT2D eigenvalue weighted by Crippen LogP contribution is 2.21. The Bertz CT molecular complexity index is 691. The molecule has 0 unspecified atom stereocenters. The lowest BCUT2D eigenvalue weighted by molar-refractivity contribution is -0.154. The fourth-order valence-electron chi connectivity index (χ4n) is 3.24. The third kappa shape index (κ3) is 12.9. The van der Waals surface area contributed by atoms with Crippen LogP contribution in [0.15, 0.2) is 48.0 Å². The molecule has 0 saturated heterocycles. The summed E-state index contributed by atoms with van der Waals surface area (Å²) >= 11 is 0. The second kappa shape index (κ2) is 18.0. The number of ether oxygens (including phenoxy) is 2. The Morgan fingerprint density at radius 1 is 0.939 bits per heavy atom. The van der Waals surface area contributed by atoms with Gasteiger partial charge in [0.2, 0.25) is 5.76 Å². The average Bonchev–Trinajstić information content (AvgIpc) is 3.06. The minimum Gasteiger partial charge on any atom is -0.505 e. The number of carbonyl (C=O) groups excluding carboxylic acids is 2. The SMILES string of the molecule is CCCCC/C=C\C/C=C\C/C=C\CCCCCCC(=O)OC[C@H](O)[C@H]1OC(=O)C(O)=C1O. The van der Waals surface area contributed by atoms with Crippen molar-refractivity contribution in [3.8, 4) is 0 Å². The average molecular weight is 465 g/mol. The molecule has 0 spiro atoms. The fourth-order valence-corrected chi connectivity index (χ4v) is 3.24. The Labute approximate surface area is 197 Å². The first-order chi connectivity index (χ1) is 16.0. The lowest BCUT2D eigenvalue weighted by Crippen LogP contribution is -2.33. The van der Waals surface area contributed by atoms with Crippen molar-refractivity contribution < 1.29 is 34.4 Å². The molecule has 0 fully saturated rings. The van der Waals surface area contributed by atoms with Gasteiger partial charge in [0.05, 0.1) is 0 Å². The van der Waals surface area contributed by atoms with Crippen molar-refractivity contribution in [2.75, 3.05) is 6.61 Å². The topological polar surface area (TPSA) is 113 Å². The van der Waals surface area contributed by atoms with Crippen molar-refractivity contribution in [3.05, 3.63) is 48.0 Å². The Kier molecular flexibility index (Phi) is 15.5. The minimum absolute atomic E-state index is 0.234. The van der Waals surface area contributed by atoms with Crippen LogP contribution in [0.25, 0.3) is 0 Å². The molecule has 0 saturated carbocycles. The van der Waals surface area contributed by atoms with Gasteiger partial charge in [-0.15, -0.1) is 0 Å². The summed E-state index contributed by atoms with van der Waals surface area (Å²) < 4.78 is 9.56. The second-order valence-corrected chi connectivity index (χ2v) is 8.14. The summed E-state index contributed by atoms with van der Waals surface area (Å²) in [6, 6.07) is 0. The van der Waals surface area contributed by atoms with Gasteiger partial charge in [-0.1, -0.05) is 69.1 Å². The van der Waals surface area contributed by atoms with Crippen LogP contribution in [0, 0.1) is 0 Å². The molecule has 0 aromatic carbocycles. The maximum absolute atomic E-state index is 11.7. The number of rotatable bonds is 18. The van der Waals surface area contributed by atoms with Crippen LogP contribution < -0.4 is 0 Å². The van der Waals surface area contributed by atoms with Crippen molar-refractivity contribution in [3.63, 3.8) is 0 Å². The number of allylic oxidation sites excluding steroid dienone is 6. The van der Waals surface area contributed by atoms with E-state index in [-0.39, 0.29) is 6.42 Å². The molecule has 0 amide bonds. The van der Waals surface area contributed by atoms with Crippen molar-refractivity contribution in [1.82, 2.24) is 0 Å². The number of esters is 2. The number of hydrogen-bond donors (Lipinski definition) is 3. The molecule has 1 heterocycles. The lowest BCUT2D eigenvalue weighted by Gasteiger charge is -2.17. The van der Waals surface area contributed by atoms with Gasteiger partial charge in [0, 0.05) is 6.42 Å². The zero-order valence-electron chi connectivity index (χ0n) is 19.8. The molecule has 1 rings (SSSR count). The van der Waals surface area contributed by atoms with E-state index < -0.39 is 42.3 Å². The van der Waals surface area contributed by atoms with Gasteiger partial charge < -0.3 is 24.8 Å². The van der Waals surface area contributed by atoms with Gasteiger partial charge in [0.15, 0.2) is 11.9 Å². The monoisotopic (exact) mass is 464 g/mol. The molecule has 186 valence electrons. The standard InChI is InChI=1S/C26H40O7/c1-2-3-4-5-6-7-8-9-10-11-12-13-14-15-16-17-18-19-22(28)32-20-21(27)25-23(29)24(30)26(31)33-25/h6-7,9-10,12-13,21,25,27,29-30H,2-5,8,11,14-20H2,1H3/b7-6-,10-9-,13-12-/t21-,25+/m0/s1. The van der Waals surface area contributed by atoms with Crippen molar-refractivity contribution in [1.29, 1.82) is 0 Å². The summed E-state index contributed by atoms with van der Waals surface area (Å²) in [5.41, 5.74) is 0. The second-order valence-electron chi connectivity index (χ2n) is 8.14. The molecule has 7 nitrogen and oxygen atoms in total. The first-order valence-electron chi connectivity index (χ1n) is 12.1. The van der Waals surface area contributed by atoms with Crippen molar-refractivity contribution >= 4 is 11.9 Å². The molecule has 2 atom stereocenters. The zero-order valence-corrected chi connectivity index (χ0v) is 19.8. The van der Waals surface area contributed by atoms with Gasteiger partial charge >= 0.3 is 11.9 Å². The number of aliphatic hydroxyl groups is 3. The molecule has 0 radical (unpaired) electrons. The highest BCUT2D eigenvalue weighted by molar-refractivity contribution is 5.89. The quantitative estimate of drug-likeness (QED) is 0.139. The summed E-state index contributed by atoms with van der Waals surface area (Å²) in [6.45, 7) is 1.79. The maximum atomic E-state index is 11.7. The van der Waals surface area contributed by atoms with Gasteiger partial charge in [-0.25, -0.2) is 4.79 Å². The highest BCUT2D eigenvalue weighted by atomic mass is 16.6. The first kappa shape index (κ1) is 28.5. The van der Waals surface area contributed by atoms with E-state index >= 15 is 0 Å². The van der Waals surface area contributed by atoms with Gasteiger partial charge in [0.1, 0.15) is 12.7 Å². The number of hydrogen-bond acceptors (Lipinski definition) is 7. The Hall–Kier alpha value is -2.54. The zero-order chi connectivity index (χ0) is 24.3. The molecule has 3 N–H and O–H groups in total.